The third kappa shape index (κ3) is 3.36. The monoisotopic (exact) mass is 352 g/mol. The number of nitrogens with zero attached hydrogens (tertiary/aromatic N) is 2. The molecule has 1 aromatic rings. The maximum atomic E-state index is 11.4. The van der Waals surface area contributed by atoms with Gasteiger partial charge in [-0.05, 0) is 40.5 Å². The average molecular weight is 353 g/mol. The van der Waals surface area contributed by atoms with Crippen LogP contribution in [0.2, 0.25) is 0 Å². The molecular weight excluding hydrogens is 336 g/mol. The first-order valence-corrected chi connectivity index (χ1v) is 7.64. The van der Waals surface area contributed by atoms with Gasteiger partial charge in [0.15, 0.2) is 0 Å². The van der Waals surface area contributed by atoms with Gasteiger partial charge in [-0.2, -0.15) is 5.26 Å². The molecule has 0 radical (unpaired) electrons. The first-order valence-electron chi connectivity index (χ1n) is 6.85. The Hall–Kier alpha value is -1.58. The summed E-state index contributed by atoms with van der Waals surface area (Å²) in [7, 11) is 0. The molecule has 0 amide bonds. The van der Waals surface area contributed by atoms with E-state index >= 15 is 0 Å². The zero-order valence-electron chi connectivity index (χ0n) is 11.8. The number of carbonyl (C=O) groups is 1. The van der Waals surface area contributed by atoms with Gasteiger partial charge in [0.2, 0.25) is 0 Å². The predicted molar refractivity (Wildman–Crippen MR) is 82.2 cm³/mol. The van der Waals surface area contributed by atoms with Gasteiger partial charge in [-0.3, -0.25) is 4.79 Å². The number of anilines is 1. The lowest BCUT2D eigenvalue weighted by Crippen LogP contribution is -2.44. The van der Waals surface area contributed by atoms with Gasteiger partial charge in [-0.25, -0.2) is 0 Å². The van der Waals surface area contributed by atoms with E-state index in [4.69, 9.17) is 10.00 Å². The summed E-state index contributed by atoms with van der Waals surface area (Å²) in [5, 5.41) is 18.3. The van der Waals surface area contributed by atoms with Crippen molar-refractivity contribution < 1.29 is 14.6 Å². The van der Waals surface area contributed by atoms with E-state index in [9.17, 15) is 9.90 Å². The van der Waals surface area contributed by atoms with Gasteiger partial charge in [-0.1, -0.05) is 6.92 Å². The number of hydrogen-bond acceptors (Lipinski definition) is 4. The highest BCUT2D eigenvalue weighted by molar-refractivity contribution is 9.10. The zero-order valence-corrected chi connectivity index (χ0v) is 13.3. The van der Waals surface area contributed by atoms with Crippen molar-refractivity contribution in [3.05, 3.63) is 28.2 Å². The quantitative estimate of drug-likeness (QED) is 0.881. The van der Waals surface area contributed by atoms with Gasteiger partial charge < -0.3 is 14.7 Å². The van der Waals surface area contributed by atoms with Crippen LogP contribution in [0.25, 0.3) is 0 Å². The molecule has 2 atom stereocenters. The molecular formula is C15H17BrN2O3. The number of benzene rings is 1. The summed E-state index contributed by atoms with van der Waals surface area (Å²) in [5.74, 6) is -1.36. The van der Waals surface area contributed by atoms with Crippen LogP contribution < -0.4 is 4.90 Å². The number of rotatable bonds is 5. The smallest absolute Gasteiger partial charge is 0.311 e. The van der Waals surface area contributed by atoms with Crippen molar-refractivity contribution in [1.82, 2.24) is 0 Å². The molecule has 2 unspecified atom stereocenters. The van der Waals surface area contributed by atoms with E-state index in [-0.39, 0.29) is 12.6 Å². The molecule has 1 saturated heterocycles. The Morgan fingerprint density at radius 2 is 2.33 bits per heavy atom. The summed E-state index contributed by atoms with van der Waals surface area (Å²) in [5.41, 5.74) is 1.47. The van der Waals surface area contributed by atoms with E-state index in [0.29, 0.717) is 12.2 Å². The van der Waals surface area contributed by atoms with E-state index in [1.54, 1.807) is 12.1 Å². The minimum Gasteiger partial charge on any atom is -0.481 e. The molecule has 0 aliphatic carbocycles. The normalized spacial score (nSPS) is 21.0. The minimum absolute atomic E-state index is 0.188. The Kier molecular flexibility index (Phi) is 5.21. The maximum Gasteiger partial charge on any atom is 0.311 e. The highest BCUT2D eigenvalue weighted by Crippen LogP contribution is 2.32. The highest BCUT2D eigenvalue weighted by Gasteiger charge is 2.38. The molecule has 6 heteroatoms. The van der Waals surface area contributed by atoms with Gasteiger partial charge in [0.25, 0.3) is 0 Å². The SMILES string of the molecule is CCCN(c1ccc(C#N)cc1Br)C1COCC1C(=O)O. The molecule has 1 fully saturated rings. The standard InChI is InChI=1S/C15H17BrN2O3/c1-2-5-18(14-9-21-8-11(14)15(19)20)13-4-3-10(7-17)6-12(13)16/h3-4,6,11,14H,2,5,8-9H2,1H3,(H,19,20). The molecule has 0 saturated carbocycles. The van der Waals surface area contributed by atoms with E-state index in [0.717, 1.165) is 23.1 Å². The molecule has 1 aliphatic heterocycles. The molecule has 1 heterocycles. The van der Waals surface area contributed by atoms with Gasteiger partial charge in [-0.15, -0.1) is 0 Å². The maximum absolute atomic E-state index is 11.4. The highest BCUT2D eigenvalue weighted by atomic mass is 79.9. The van der Waals surface area contributed by atoms with Crippen LogP contribution in [-0.2, 0) is 9.53 Å². The van der Waals surface area contributed by atoms with E-state index in [2.05, 4.69) is 33.8 Å². The predicted octanol–water partition coefficient (Wildman–Crippen LogP) is 2.64. The largest absolute Gasteiger partial charge is 0.481 e. The molecule has 1 N–H and O–H groups in total. The number of nitriles is 1. The first kappa shape index (κ1) is 15.8. The number of hydrogen-bond donors (Lipinski definition) is 1. The van der Waals surface area contributed by atoms with Gasteiger partial charge >= 0.3 is 5.97 Å². The molecule has 2 rings (SSSR count). The fourth-order valence-corrected chi connectivity index (χ4v) is 3.21. The van der Waals surface area contributed by atoms with Gasteiger partial charge in [0.1, 0.15) is 5.92 Å². The summed E-state index contributed by atoms with van der Waals surface area (Å²) >= 11 is 3.48. The topological polar surface area (TPSA) is 73.6 Å². The van der Waals surface area contributed by atoms with Crippen LogP contribution in [-0.4, -0.2) is 36.9 Å². The summed E-state index contributed by atoms with van der Waals surface area (Å²) in [6.07, 6.45) is 0.898. The van der Waals surface area contributed by atoms with Crippen molar-refractivity contribution in [2.24, 2.45) is 5.92 Å². The van der Waals surface area contributed by atoms with Crippen molar-refractivity contribution in [2.75, 3.05) is 24.7 Å². The molecule has 0 spiro atoms. The van der Waals surface area contributed by atoms with E-state index in [1.165, 1.54) is 0 Å². The molecule has 1 aliphatic rings. The van der Waals surface area contributed by atoms with Crippen molar-refractivity contribution in [1.29, 1.82) is 5.26 Å². The molecule has 0 aromatic heterocycles. The third-order valence-corrected chi connectivity index (χ3v) is 4.25. The van der Waals surface area contributed by atoms with E-state index < -0.39 is 11.9 Å². The Morgan fingerprint density at radius 1 is 1.57 bits per heavy atom. The minimum atomic E-state index is -0.830. The Balaban J connectivity index is 2.35. The van der Waals surface area contributed by atoms with Crippen molar-refractivity contribution in [2.45, 2.75) is 19.4 Å². The zero-order chi connectivity index (χ0) is 15.4. The number of halogens is 1. The van der Waals surface area contributed by atoms with Crippen LogP contribution in [0.3, 0.4) is 0 Å². The number of aliphatic carboxylic acids is 1. The van der Waals surface area contributed by atoms with Crippen LogP contribution >= 0.6 is 15.9 Å². The average Bonchev–Trinajstić information content (AvgIpc) is 2.94. The molecule has 0 bridgehead atoms. The molecule has 112 valence electrons. The first-order chi connectivity index (χ1) is 10.1. The summed E-state index contributed by atoms with van der Waals surface area (Å²) < 4.78 is 6.17. The lowest BCUT2D eigenvalue weighted by atomic mass is 10.0. The van der Waals surface area contributed by atoms with E-state index in [1.807, 2.05) is 6.07 Å². The van der Waals surface area contributed by atoms with Crippen molar-refractivity contribution >= 4 is 27.6 Å². The summed E-state index contributed by atoms with van der Waals surface area (Å²) in [4.78, 5) is 13.4. The van der Waals surface area contributed by atoms with Gasteiger partial charge in [0, 0.05) is 11.0 Å². The number of carboxylic acid groups (broad SMARTS) is 1. The fourth-order valence-electron chi connectivity index (χ4n) is 2.60. The van der Waals surface area contributed by atoms with Crippen molar-refractivity contribution in [3.8, 4) is 6.07 Å². The Morgan fingerprint density at radius 3 is 2.90 bits per heavy atom. The second kappa shape index (κ2) is 6.92. The number of ether oxygens (including phenoxy) is 1. The van der Waals surface area contributed by atoms with Crippen LogP contribution in [0, 0.1) is 17.2 Å². The summed E-state index contributed by atoms with van der Waals surface area (Å²) in [6, 6.07) is 7.26. The Labute approximate surface area is 132 Å². The molecule has 21 heavy (non-hydrogen) atoms. The van der Waals surface area contributed by atoms with Crippen LogP contribution in [0.5, 0.6) is 0 Å². The van der Waals surface area contributed by atoms with Crippen LogP contribution in [0.4, 0.5) is 5.69 Å². The number of carboxylic acids is 1. The third-order valence-electron chi connectivity index (χ3n) is 3.62. The lowest BCUT2D eigenvalue weighted by Gasteiger charge is -2.33. The van der Waals surface area contributed by atoms with Crippen LogP contribution in [0.1, 0.15) is 18.9 Å². The second-order valence-electron chi connectivity index (χ2n) is 5.02. The lowest BCUT2D eigenvalue weighted by molar-refractivity contribution is -0.141. The second-order valence-corrected chi connectivity index (χ2v) is 5.88. The van der Waals surface area contributed by atoms with Gasteiger partial charge in [0.05, 0.1) is 36.6 Å². The Bertz CT molecular complexity index is 571. The molecule has 1 aromatic carbocycles. The van der Waals surface area contributed by atoms with Crippen molar-refractivity contribution in [3.63, 3.8) is 0 Å². The van der Waals surface area contributed by atoms with Crippen LogP contribution in [0.15, 0.2) is 22.7 Å². The fraction of sp³-hybridized carbons (Fsp3) is 0.467. The molecule has 5 nitrogen and oxygen atoms in total. The summed E-state index contributed by atoms with van der Waals surface area (Å²) in [6.45, 7) is 3.44.